The fourth-order valence-electron chi connectivity index (χ4n) is 3.98. The van der Waals surface area contributed by atoms with Crippen molar-refractivity contribution in [2.24, 2.45) is 0 Å². The fourth-order valence-corrected chi connectivity index (χ4v) is 5.21. The van der Waals surface area contributed by atoms with Gasteiger partial charge in [-0.15, -0.1) is 0 Å². The number of halogens is 2. The van der Waals surface area contributed by atoms with Crippen LogP contribution < -0.4 is 15.4 Å². The third kappa shape index (κ3) is 7.77. The van der Waals surface area contributed by atoms with E-state index in [1.54, 1.807) is 36.0 Å². The molecule has 0 aliphatic carbocycles. The molecule has 11 heteroatoms. The molecule has 1 fully saturated rings. The zero-order valence-electron chi connectivity index (χ0n) is 20.9. The first kappa shape index (κ1) is 27.5. The third-order valence-electron chi connectivity index (χ3n) is 5.89. The van der Waals surface area contributed by atoms with Gasteiger partial charge in [0.1, 0.15) is 34.6 Å². The maximum absolute atomic E-state index is 13.4. The molecule has 1 aliphatic rings. The number of aromatic nitrogens is 2. The molecule has 4 aromatic rings. The van der Waals surface area contributed by atoms with Crippen molar-refractivity contribution in [1.29, 1.82) is 0 Å². The second-order valence-electron chi connectivity index (χ2n) is 8.71. The Bertz CT molecular complexity index is 1460. The lowest BCUT2D eigenvalue weighted by molar-refractivity contribution is -0.0421. The fraction of sp³-hybridized carbons (Fsp3) is 0.250. The highest BCUT2D eigenvalue weighted by atomic mass is 35.5. The van der Waals surface area contributed by atoms with Crippen LogP contribution in [-0.2, 0) is 22.6 Å². The Kier molecular flexibility index (Phi) is 9.44. The Morgan fingerprint density at radius 3 is 2.77 bits per heavy atom. The van der Waals surface area contributed by atoms with Crippen LogP contribution in [0.4, 0.5) is 15.9 Å². The van der Waals surface area contributed by atoms with Crippen molar-refractivity contribution in [3.8, 4) is 5.75 Å². The van der Waals surface area contributed by atoms with Crippen molar-refractivity contribution < 1.29 is 18.6 Å². The summed E-state index contributed by atoms with van der Waals surface area (Å²) >= 11 is 13.5. The van der Waals surface area contributed by atoms with Crippen molar-refractivity contribution in [1.82, 2.24) is 15.3 Å². The predicted molar refractivity (Wildman–Crippen MR) is 157 cm³/mol. The highest BCUT2D eigenvalue weighted by Gasteiger charge is 2.15. The van der Waals surface area contributed by atoms with Gasteiger partial charge in [-0.3, -0.25) is 0 Å². The van der Waals surface area contributed by atoms with E-state index in [4.69, 9.17) is 38.0 Å². The Morgan fingerprint density at radius 2 is 1.95 bits per heavy atom. The number of thiocarbonyl (C=S) groups is 1. The van der Waals surface area contributed by atoms with Gasteiger partial charge >= 0.3 is 0 Å². The Hall–Kier alpha value is -3.02. The van der Waals surface area contributed by atoms with Gasteiger partial charge < -0.3 is 24.8 Å². The second-order valence-corrected chi connectivity index (χ2v) is 10.9. The summed E-state index contributed by atoms with van der Waals surface area (Å²) < 4.78 is 30.9. The van der Waals surface area contributed by atoms with Crippen LogP contribution in [0.5, 0.6) is 5.75 Å². The molecule has 0 radical (unpaired) electrons. The Labute approximate surface area is 240 Å². The van der Waals surface area contributed by atoms with E-state index in [0.29, 0.717) is 36.3 Å². The van der Waals surface area contributed by atoms with Crippen molar-refractivity contribution in [2.45, 2.75) is 25.9 Å². The normalized spacial score (nSPS) is 13.5. The SMILES string of the molecule is Fc1cccc(COc2ccc(Nc3ncnc4ccc(CNC(=S)SCCC5OCCO5)cc34)cc2Cl)c1. The molecule has 0 atom stereocenters. The number of hydrogen-bond donors (Lipinski definition) is 2. The smallest absolute Gasteiger partial charge is 0.158 e. The Morgan fingerprint density at radius 1 is 1.08 bits per heavy atom. The molecule has 2 N–H and O–H groups in total. The molecule has 0 unspecified atom stereocenters. The topological polar surface area (TPSA) is 77.5 Å². The summed E-state index contributed by atoms with van der Waals surface area (Å²) in [5, 5.41) is 7.92. The number of thioether (sulfide) groups is 1. The number of anilines is 2. The average Bonchev–Trinajstić information content (AvgIpc) is 3.45. The molecule has 7 nitrogen and oxygen atoms in total. The van der Waals surface area contributed by atoms with Gasteiger partial charge in [-0.1, -0.05) is 53.8 Å². The summed E-state index contributed by atoms with van der Waals surface area (Å²) in [5.41, 5.74) is 3.32. The van der Waals surface area contributed by atoms with Gasteiger partial charge in [0.15, 0.2) is 6.29 Å². The van der Waals surface area contributed by atoms with Crippen molar-refractivity contribution in [3.63, 3.8) is 0 Å². The van der Waals surface area contributed by atoms with E-state index >= 15 is 0 Å². The van der Waals surface area contributed by atoms with Gasteiger partial charge in [0.05, 0.1) is 23.8 Å². The quantitative estimate of drug-likeness (QED) is 0.200. The van der Waals surface area contributed by atoms with Gasteiger partial charge in [0, 0.05) is 29.8 Å². The van der Waals surface area contributed by atoms with Crippen LogP contribution in [0.25, 0.3) is 10.9 Å². The van der Waals surface area contributed by atoms with E-state index in [-0.39, 0.29) is 18.7 Å². The molecule has 0 spiro atoms. The highest BCUT2D eigenvalue weighted by molar-refractivity contribution is 8.22. The number of hydrogen-bond acceptors (Lipinski definition) is 8. The number of fused-ring (bicyclic) bond motifs is 1. The lowest BCUT2D eigenvalue weighted by Crippen LogP contribution is -2.19. The summed E-state index contributed by atoms with van der Waals surface area (Å²) in [7, 11) is 0. The minimum absolute atomic E-state index is 0.120. The molecular weight excluding hydrogens is 559 g/mol. The van der Waals surface area contributed by atoms with Gasteiger partial charge in [0.25, 0.3) is 0 Å². The molecular formula is C28H26ClFN4O3S2. The van der Waals surface area contributed by atoms with Crippen LogP contribution in [0.1, 0.15) is 17.5 Å². The van der Waals surface area contributed by atoms with Gasteiger partial charge in [-0.2, -0.15) is 0 Å². The van der Waals surface area contributed by atoms with Crippen LogP contribution in [0.2, 0.25) is 5.02 Å². The van der Waals surface area contributed by atoms with Crippen LogP contribution in [-0.4, -0.2) is 39.5 Å². The molecule has 5 rings (SSSR count). The Balaban J connectivity index is 1.20. The minimum atomic E-state index is -0.306. The largest absolute Gasteiger partial charge is 0.487 e. The van der Waals surface area contributed by atoms with E-state index in [2.05, 4.69) is 20.6 Å². The maximum atomic E-state index is 13.4. The summed E-state index contributed by atoms with van der Waals surface area (Å²) in [6.07, 6.45) is 2.20. The summed E-state index contributed by atoms with van der Waals surface area (Å²) in [5.74, 6) is 1.68. The lowest BCUT2D eigenvalue weighted by atomic mass is 10.1. The third-order valence-corrected chi connectivity index (χ3v) is 7.53. The van der Waals surface area contributed by atoms with Gasteiger partial charge in [-0.25, -0.2) is 14.4 Å². The molecule has 1 aliphatic heterocycles. The molecule has 2 heterocycles. The minimum Gasteiger partial charge on any atom is -0.487 e. The van der Waals surface area contributed by atoms with Crippen LogP contribution >= 0.6 is 35.6 Å². The molecule has 0 saturated carbocycles. The van der Waals surface area contributed by atoms with Crippen LogP contribution in [0, 0.1) is 5.82 Å². The number of rotatable bonds is 10. The molecule has 39 heavy (non-hydrogen) atoms. The number of benzene rings is 3. The molecule has 0 bridgehead atoms. The molecule has 0 amide bonds. The second kappa shape index (κ2) is 13.4. The van der Waals surface area contributed by atoms with E-state index < -0.39 is 0 Å². The number of nitrogens with one attached hydrogen (secondary N) is 2. The molecule has 1 saturated heterocycles. The van der Waals surface area contributed by atoms with Gasteiger partial charge in [0.2, 0.25) is 0 Å². The first-order valence-electron chi connectivity index (χ1n) is 12.3. The van der Waals surface area contributed by atoms with E-state index in [1.165, 1.54) is 18.5 Å². The monoisotopic (exact) mass is 584 g/mol. The highest BCUT2D eigenvalue weighted by Crippen LogP contribution is 2.31. The maximum Gasteiger partial charge on any atom is 0.158 e. The average molecular weight is 585 g/mol. The standard InChI is InChI=1S/C28H26ClFN4O3S2/c29-23-14-21(5-7-25(23)37-16-19-2-1-3-20(30)12-19)34-27-22-13-18(4-6-24(22)32-17-33-27)15-31-28(38)39-11-8-26-35-9-10-36-26/h1-7,12-14,17,26H,8-11,15-16H2,(H,31,38)(H,32,33,34). The van der Waals surface area contributed by atoms with Crippen molar-refractivity contribution in [2.75, 3.05) is 24.3 Å². The first-order valence-corrected chi connectivity index (χ1v) is 14.1. The first-order chi connectivity index (χ1) is 19.0. The number of ether oxygens (including phenoxy) is 3. The zero-order chi connectivity index (χ0) is 27.0. The van der Waals surface area contributed by atoms with Gasteiger partial charge in [-0.05, 0) is 53.6 Å². The molecule has 202 valence electrons. The predicted octanol–water partition coefficient (Wildman–Crippen LogP) is 6.62. The zero-order valence-corrected chi connectivity index (χ0v) is 23.3. The van der Waals surface area contributed by atoms with Crippen molar-refractivity contribution >= 4 is 62.3 Å². The van der Waals surface area contributed by atoms with Crippen LogP contribution in [0.15, 0.2) is 67.0 Å². The molecule has 3 aromatic carbocycles. The van der Waals surface area contributed by atoms with Crippen LogP contribution in [0.3, 0.4) is 0 Å². The summed E-state index contributed by atoms with van der Waals surface area (Å²) in [6, 6.07) is 17.7. The van der Waals surface area contributed by atoms with E-state index in [9.17, 15) is 4.39 Å². The number of nitrogens with zero attached hydrogens (tertiary/aromatic N) is 2. The van der Waals surface area contributed by atoms with E-state index in [1.807, 2.05) is 24.3 Å². The van der Waals surface area contributed by atoms with E-state index in [0.717, 1.165) is 44.2 Å². The lowest BCUT2D eigenvalue weighted by Gasteiger charge is -2.13. The van der Waals surface area contributed by atoms with Crippen molar-refractivity contribution in [3.05, 3.63) is 89.0 Å². The summed E-state index contributed by atoms with van der Waals surface area (Å²) in [4.78, 5) is 8.84. The summed E-state index contributed by atoms with van der Waals surface area (Å²) in [6.45, 7) is 2.11. The molecule has 1 aromatic heterocycles.